The normalized spacial score (nSPS) is 15.3. The molecule has 2 N–H and O–H groups in total. The Hall–Kier alpha value is -1.94. The fourth-order valence-corrected chi connectivity index (χ4v) is 2.40. The topological polar surface area (TPSA) is 62.2 Å². The third kappa shape index (κ3) is 3.45. The highest BCUT2D eigenvalue weighted by atomic mass is 16.3. The van der Waals surface area contributed by atoms with Gasteiger partial charge in [0.15, 0.2) is 0 Å². The fraction of sp³-hybridized carbons (Fsp3) is 0.444. The van der Waals surface area contributed by atoms with Crippen LogP contribution in [0.5, 0.6) is 0 Å². The number of hydrogen-bond acceptors (Lipinski definition) is 3. The number of rotatable bonds is 5. The molecule has 2 aromatic rings. The number of aryl methyl sites for hydroxylation is 1. The molecule has 1 aromatic carbocycles. The van der Waals surface area contributed by atoms with Crippen LogP contribution < -0.4 is 5.32 Å². The van der Waals surface area contributed by atoms with Crippen molar-refractivity contribution >= 4 is 16.8 Å². The SMILES string of the molecule is CCC(C)C(C)(O)CNC(=O)c1cccc2ccc(C)nc12. The first kappa shape index (κ1) is 16.4. The molecule has 0 aliphatic rings. The van der Waals surface area contributed by atoms with Crippen LogP contribution in [0.4, 0.5) is 0 Å². The minimum absolute atomic E-state index is 0.112. The Morgan fingerprint density at radius 1 is 1.36 bits per heavy atom. The van der Waals surface area contributed by atoms with E-state index in [2.05, 4.69) is 10.3 Å². The second-order valence-corrected chi connectivity index (χ2v) is 6.18. The molecule has 2 unspecified atom stereocenters. The van der Waals surface area contributed by atoms with Crippen molar-refractivity contribution in [2.75, 3.05) is 6.54 Å². The van der Waals surface area contributed by atoms with Gasteiger partial charge in [-0.15, -0.1) is 0 Å². The first-order valence-corrected chi connectivity index (χ1v) is 7.72. The van der Waals surface area contributed by atoms with Crippen LogP contribution in [0.1, 0.15) is 43.2 Å². The van der Waals surface area contributed by atoms with E-state index in [9.17, 15) is 9.90 Å². The minimum atomic E-state index is -0.918. The molecule has 0 aliphatic heterocycles. The third-order valence-electron chi connectivity index (χ3n) is 4.38. The fourth-order valence-electron chi connectivity index (χ4n) is 2.40. The maximum atomic E-state index is 12.5. The monoisotopic (exact) mass is 300 g/mol. The molecule has 4 nitrogen and oxygen atoms in total. The number of nitrogens with zero attached hydrogens (tertiary/aromatic N) is 1. The summed E-state index contributed by atoms with van der Waals surface area (Å²) < 4.78 is 0. The number of amides is 1. The van der Waals surface area contributed by atoms with E-state index >= 15 is 0 Å². The Morgan fingerprint density at radius 3 is 2.77 bits per heavy atom. The van der Waals surface area contributed by atoms with E-state index in [1.165, 1.54) is 0 Å². The van der Waals surface area contributed by atoms with Crippen LogP contribution in [0.25, 0.3) is 10.9 Å². The van der Waals surface area contributed by atoms with Crippen molar-refractivity contribution in [1.29, 1.82) is 0 Å². The van der Waals surface area contributed by atoms with Crippen molar-refractivity contribution < 1.29 is 9.90 Å². The van der Waals surface area contributed by atoms with Gasteiger partial charge in [0.2, 0.25) is 0 Å². The number of aliphatic hydroxyl groups is 1. The molecule has 2 atom stereocenters. The molecule has 0 saturated heterocycles. The lowest BCUT2D eigenvalue weighted by molar-refractivity contribution is 0.00594. The number of carbonyl (C=O) groups is 1. The second-order valence-electron chi connectivity index (χ2n) is 6.18. The summed E-state index contributed by atoms with van der Waals surface area (Å²) in [5.74, 6) is -0.0898. The van der Waals surface area contributed by atoms with Crippen molar-refractivity contribution in [2.24, 2.45) is 5.92 Å². The van der Waals surface area contributed by atoms with Crippen LogP contribution in [-0.2, 0) is 0 Å². The van der Waals surface area contributed by atoms with E-state index in [1.54, 1.807) is 13.0 Å². The molecule has 0 fully saturated rings. The Morgan fingerprint density at radius 2 is 2.09 bits per heavy atom. The van der Waals surface area contributed by atoms with Gasteiger partial charge in [-0.2, -0.15) is 0 Å². The molecule has 118 valence electrons. The summed E-state index contributed by atoms with van der Waals surface area (Å²) in [4.78, 5) is 16.9. The lowest BCUT2D eigenvalue weighted by Gasteiger charge is -2.29. The smallest absolute Gasteiger partial charge is 0.253 e. The van der Waals surface area contributed by atoms with E-state index in [-0.39, 0.29) is 18.4 Å². The lowest BCUT2D eigenvalue weighted by Crippen LogP contribution is -2.45. The Bertz CT molecular complexity index is 680. The van der Waals surface area contributed by atoms with Crippen molar-refractivity contribution in [3.63, 3.8) is 0 Å². The first-order chi connectivity index (χ1) is 10.3. The van der Waals surface area contributed by atoms with Crippen LogP contribution in [0.2, 0.25) is 0 Å². The molecule has 0 saturated carbocycles. The van der Waals surface area contributed by atoms with Gasteiger partial charge in [0.05, 0.1) is 16.7 Å². The summed E-state index contributed by atoms with van der Waals surface area (Å²) in [5.41, 5.74) is 1.20. The summed E-state index contributed by atoms with van der Waals surface area (Å²) in [6.45, 7) is 7.89. The number of benzene rings is 1. The number of carbonyl (C=O) groups excluding carboxylic acids is 1. The highest BCUT2D eigenvalue weighted by molar-refractivity contribution is 6.05. The molecule has 0 radical (unpaired) electrons. The van der Waals surface area contributed by atoms with Crippen LogP contribution in [0.15, 0.2) is 30.3 Å². The molecular weight excluding hydrogens is 276 g/mol. The van der Waals surface area contributed by atoms with Crippen molar-refractivity contribution in [2.45, 2.75) is 39.7 Å². The maximum Gasteiger partial charge on any atom is 0.253 e. The molecule has 22 heavy (non-hydrogen) atoms. The molecule has 0 spiro atoms. The van der Waals surface area contributed by atoms with E-state index in [0.717, 1.165) is 17.5 Å². The van der Waals surface area contributed by atoms with Gasteiger partial charge in [0.1, 0.15) is 0 Å². The van der Waals surface area contributed by atoms with Gasteiger partial charge in [0.25, 0.3) is 5.91 Å². The summed E-state index contributed by atoms with van der Waals surface area (Å²) >= 11 is 0. The summed E-state index contributed by atoms with van der Waals surface area (Å²) in [5, 5.41) is 14.2. The van der Waals surface area contributed by atoms with Crippen LogP contribution in [-0.4, -0.2) is 28.1 Å². The van der Waals surface area contributed by atoms with Gasteiger partial charge in [0, 0.05) is 17.6 Å². The molecule has 1 amide bonds. The number of para-hydroxylation sites is 1. The van der Waals surface area contributed by atoms with Gasteiger partial charge in [-0.05, 0) is 31.9 Å². The summed E-state index contributed by atoms with van der Waals surface area (Å²) in [7, 11) is 0. The van der Waals surface area contributed by atoms with E-state index in [0.29, 0.717) is 11.1 Å². The van der Waals surface area contributed by atoms with E-state index in [4.69, 9.17) is 0 Å². The number of pyridine rings is 1. The molecular formula is C18H24N2O2. The highest BCUT2D eigenvalue weighted by Gasteiger charge is 2.27. The molecule has 1 heterocycles. The lowest BCUT2D eigenvalue weighted by atomic mass is 9.88. The van der Waals surface area contributed by atoms with Gasteiger partial charge < -0.3 is 10.4 Å². The van der Waals surface area contributed by atoms with Crippen molar-refractivity contribution in [3.05, 3.63) is 41.6 Å². The first-order valence-electron chi connectivity index (χ1n) is 7.72. The Kier molecular flexibility index (Phi) is 4.81. The van der Waals surface area contributed by atoms with Crippen molar-refractivity contribution in [3.8, 4) is 0 Å². The Balaban J connectivity index is 2.22. The molecule has 0 bridgehead atoms. The zero-order valence-electron chi connectivity index (χ0n) is 13.7. The molecule has 2 rings (SSSR count). The van der Waals surface area contributed by atoms with Crippen LogP contribution in [0.3, 0.4) is 0 Å². The Labute approximate surface area is 131 Å². The number of aromatic nitrogens is 1. The van der Waals surface area contributed by atoms with Gasteiger partial charge in [-0.1, -0.05) is 38.5 Å². The predicted molar refractivity (Wildman–Crippen MR) is 88.9 cm³/mol. The number of hydrogen-bond donors (Lipinski definition) is 2. The minimum Gasteiger partial charge on any atom is -0.388 e. The van der Waals surface area contributed by atoms with Crippen LogP contribution >= 0.6 is 0 Å². The standard InChI is InChI=1S/C18H24N2O2/c1-5-12(2)18(4,22)11-19-17(21)15-8-6-7-14-10-9-13(3)20-16(14)15/h6-10,12,22H,5,11H2,1-4H3,(H,19,21). The number of fused-ring (bicyclic) bond motifs is 1. The maximum absolute atomic E-state index is 12.5. The van der Waals surface area contributed by atoms with Gasteiger partial charge >= 0.3 is 0 Å². The van der Waals surface area contributed by atoms with Crippen LogP contribution in [0, 0.1) is 12.8 Å². The second kappa shape index (κ2) is 6.44. The highest BCUT2D eigenvalue weighted by Crippen LogP contribution is 2.20. The summed E-state index contributed by atoms with van der Waals surface area (Å²) in [6.07, 6.45) is 0.859. The quantitative estimate of drug-likeness (QED) is 0.892. The average molecular weight is 300 g/mol. The molecule has 1 aromatic heterocycles. The third-order valence-corrected chi connectivity index (χ3v) is 4.38. The van der Waals surface area contributed by atoms with Crippen molar-refractivity contribution in [1.82, 2.24) is 10.3 Å². The average Bonchev–Trinajstić information content (AvgIpc) is 2.51. The largest absolute Gasteiger partial charge is 0.388 e. The van der Waals surface area contributed by atoms with Gasteiger partial charge in [-0.25, -0.2) is 0 Å². The predicted octanol–water partition coefficient (Wildman–Crippen LogP) is 3.07. The zero-order valence-corrected chi connectivity index (χ0v) is 13.7. The van der Waals surface area contributed by atoms with Gasteiger partial charge in [-0.3, -0.25) is 9.78 Å². The van der Waals surface area contributed by atoms with E-state index < -0.39 is 5.60 Å². The number of nitrogens with one attached hydrogen (secondary N) is 1. The summed E-state index contributed by atoms with van der Waals surface area (Å²) in [6, 6.07) is 9.44. The molecule has 0 aliphatic carbocycles. The molecule has 4 heteroatoms. The van der Waals surface area contributed by atoms with E-state index in [1.807, 2.05) is 45.0 Å². The zero-order chi connectivity index (χ0) is 16.3.